The number of benzene rings is 2. The van der Waals surface area contributed by atoms with Gasteiger partial charge in [-0.15, -0.1) is 0 Å². The number of hydrogen-bond donors (Lipinski definition) is 2. The fourth-order valence-corrected chi connectivity index (χ4v) is 1.85. The zero-order valence-electron chi connectivity index (χ0n) is 11.0. The number of nitrogens with one attached hydrogen (secondary N) is 1. The van der Waals surface area contributed by atoms with Crippen LogP contribution in [0.5, 0.6) is 0 Å². The third kappa shape index (κ3) is 4.39. The first kappa shape index (κ1) is 14.1. The Hall–Kier alpha value is -2.36. The molecule has 0 atom stereocenters. The molecule has 2 aromatic rings. The molecule has 104 valence electrons. The fraction of sp³-hybridized carbons (Fsp3) is 0.188. The van der Waals surface area contributed by atoms with Crippen molar-refractivity contribution in [1.29, 1.82) is 0 Å². The molecular weight excluding hydrogens is 257 g/mol. The summed E-state index contributed by atoms with van der Waals surface area (Å²) in [7, 11) is 0. The molecule has 0 saturated heterocycles. The van der Waals surface area contributed by atoms with Gasteiger partial charge in [0.05, 0.1) is 0 Å². The van der Waals surface area contributed by atoms with E-state index in [4.69, 9.17) is 5.11 Å². The summed E-state index contributed by atoms with van der Waals surface area (Å²) in [5.74, 6) is -1.03. The van der Waals surface area contributed by atoms with Gasteiger partial charge in [-0.3, -0.25) is 4.79 Å². The summed E-state index contributed by atoms with van der Waals surface area (Å²) < 4.78 is 12.8. The standard InChI is InChI=1S/C16H16FNO2/c17-14-6-1-13(2-7-14)11-18-15-8-3-12(4-9-15)5-10-16(19)20/h1-4,6-9,18H,5,10-11H2,(H,19,20). The first-order chi connectivity index (χ1) is 9.63. The van der Waals surface area contributed by atoms with Crippen LogP contribution in [0.2, 0.25) is 0 Å². The molecule has 0 radical (unpaired) electrons. The second-order valence-electron chi connectivity index (χ2n) is 4.57. The second-order valence-corrected chi connectivity index (χ2v) is 4.57. The average molecular weight is 273 g/mol. The van der Waals surface area contributed by atoms with Crippen molar-refractivity contribution in [2.75, 3.05) is 5.32 Å². The van der Waals surface area contributed by atoms with Gasteiger partial charge in [0.2, 0.25) is 0 Å². The average Bonchev–Trinajstić information content (AvgIpc) is 2.45. The normalized spacial score (nSPS) is 10.2. The van der Waals surface area contributed by atoms with E-state index < -0.39 is 5.97 Å². The van der Waals surface area contributed by atoms with E-state index >= 15 is 0 Å². The first-order valence-corrected chi connectivity index (χ1v) is 6.42. The summed E-state index contributed by atoms with van der Waals surface area (Å²) >= 11 is 0. The quantitative estimate of drug-likeness (QED) is 0.847. The summed E-state index contributed by atoms with van der Waals surface area (Å²) in [6, 6.07) is 14.0. The lowest BCUT2D eigenvalue weighted by molar-refractivity contribution is -0.136. The number of aryl methyl sites for hydroxylation is 1. The van der Waals surface area contributed by atoms with Gasteiger partial charge in [-0.1, -0.05) is 24.3 Å². The van der Waals surface area contributed by atoms with Crippen molar-refractivity contribution in [3.05, 3.63) is 65.5 Å². The molecule has 0 heterocycles. The molecule has 20 heavy (non-hydrogen) atoms. The number of carboxylic acids is 1. The first-order valence-electron chi connectivity index (χ1n) is 6.42. The Balaban J connectivity index is 1.87. The highest BCUT2D eigenvalue weighted by atomic mass is 19.1. The third-order valence-electron chi connectivity index (χ3n) is 2.99. The molecule has 0 spiro atoms. The molecule has 0 bridgehead atoms. The fourth-order valence-electron chi connectivity index (χ4n) is 1.85. The maximum atomic E-state index is 12.8. The van der Waals surface area contributed by atoms with Gasteiger partial charge in [-0.25, -0.2) is 4.39 Å². The smallest absolute Gasteiger partial charge is 0.303 e. The van der Waals surface area contributed by atoms with E-state index in [1.54, 1.807) is 12.1 Å². The Morgan fingerprint density at radius 1 is 1.00 bits per heavy atom. The zero-order chi connectivity index (χ0) is 14.4. The molecule has 2 N–H and O–H groups in total. The van der Waals surface area contributed by atoms with Crippen LogP contribution in [0.15, 0.2) is 48.5 Å². The summed E-state index contributed by atoms with van der Waals surface area (Å²) in [5, 5.41) is 11.9. The molecule has 0 aliphatic rings. The molecule has 0 unspecified atom stereocenters. The van der Waals surface area contributed by atoms with Crippen molar-refractivity contribution in [3.63, 3.8) is 0 Å². The van der Waals surface area contributed by atoms with Crippen LogP contribution in [0.1, 0.15) is 17.5 Å². The van der Waals surface area contributed by atoms with Gasteiger partial charge in [-0.2, -0.15) is 0 Å². The molecular formula is C16H16FNO2. The second kappa shape index (κ2) is 6.70. The van der Waals surface area contributed by atoms with Gasteiger partial charge in [0, 0.05) is 18.7 Å². The van der Waals surface area contributed by atoms with Crippen molar-refractivity contribution >= 4 is 11.7 Å². The maximum absolute atomic E-state index is 12.8. The van der Waals surface area contributed by atoms with E-state index in [2.05, 4.69) is 5.32 Å². The number of aliphatic carboxylic acids is 1. The Morgan fingerprint density at radius 3 is 2.20 bits per heavy atom. The van der Waals surface area contributed by atoms with Crippen molar-refractivity contribution in [2.24, 2.45) is 0 Å². The van der Waals surface area contributed by atoms with Gasteiger partial charge in [-0.05, 0) is 41.8 Å². The molecule has 0 aliphatic carbocycles. The molecule has 3 nitrogen and oxygen atoms in total. The highest BCUT2D eigenvalue weighted by molar-refractivity contribution is 5.67. The Bertz CT molecular complexity index is 564. The predicted octanol–water partition coefficient (Wildman–Crippen LogP) is 3.46. The SMILES string of the molecule is O=C(O)CCc1ccc(NCc2ccc(F)cc2)cc1. The van der Waals surface area contributed by atoms with Crippen molar-refractivity contribution < 1.29 is 14.3 Å². The van der Waals surface area contributed by atoms with E-state index in [0.717, 1.165) is 16.8 Å². The third-order valence-corrected chi connectivity index (χ3v) is 2.99. The number of rotatable bonds is 6. The Morgan fingerprint density at radius 2 is 1.60 bits per heavy atom. The lowest BCUT2D eigenvalue weighted by atomic mass is 10.1. The molecule has 0 aliphatic heterocycles. The minimum absolute atomic E-state index is 0.141. The van der Waals surface area contributed by atoms with E-state index in [1.165, 1.54) is 12.1 Å². The van der Waals surface area contributed by atoms with Gasteiger partial charge in [0.15, 0.2) is 0 Å². The lowest BCUT2D eigenvalue weighted by Crippen LogP contribution is -2.00. The van der Waals surface area contributed by atoms with Crippen LogP contribution in [0, 0.1) is 5.82 Å². The van der Waals surface area contributed by atoms with Gasteiger partial charge in [0.25, 0.3) is 0 Å². The van der Waals surface area contributed by atoms with Gasteiger partial charge >= 0.3 is 5.97 Å². The minimum atomic E-state index is -0.788. The van der Waals surface area contributed by atoms with Crippen LogP contribution in [-0.4, -0.2) is 11.1 Å². The van der Waals surface area contributed by atoms with Crippen LogP contribution in [0.4, 0.5) is 10.1 Å². The predicted molar refractivity (Wildman–Crippen MR) is 76.1 cm³/mol. The molecule has 2 rings (SSSR count). The van der Waals surface area contributed by atoms with Crippen molar-refractivity contribution in [3.8, 4) is 0 Å². The van der Waals surface area contributed by atoms with Crippen molar-refractivity contribution in [2.45, 2.75) is 19.4 Å². The number of anilines is 1. The highest BCUT2D eigenvalue weighted by Gasteiger charge is 2.00. The Kier molecular flexibility index (Phi) is 4.71. The number of hydrogen-bond acceptors (Lipinski definition) is 2. The van der Waals surface area contributed by atoms with Crippen LogP contribution >= 0.6 is 0 Å². The monoisotopic (exact) mass is 273 g/mol. The van der Waals surface area contributed by atoms with E-state index in [0.29, 0.717) is 13.0 Å². The highest BCUT2D eigenvalue weighted by Crippen LogP contribution is 2.13. The molecule has 0 amide bonds. The van der Waals surface area contributed by atoms with Crippen LogP contribution in [0.3, 0.4) is 0 Å². The largest absolute Gasteiger partial charge is 0.481 e. The minimum Gasteiger partial charge on any atom is -0.481 e. The summed E-state index contributed by atoms with van der Waals surface area (Å²) in [5.41, 5.74) is 2.95. The van der Waals surface area contributed by atoms with E-state index in [9.17, 15) is 9.18 Å². The van der Waals surface area contributed by atoms with Crippen LogP contribution in [0.25, 0.3) is 0 Å². The van der Waals surface area contributed by atoms with E-state index in [1.807, 2.05) is 24.3 Å². The topological polar surface area (TPSA) is 49.3 Å². The van der Waals surface area contributed by atoms with Gasteiger partial charge < -0.3 is 10.4 Å². The summed E-state index contributed by atoms with van der Waals surface area (Å²) in [4.78, 5) is 10.5. The van der Waals surface area contributed by atoms with Gasteiger partial charge in [0.1, 0.15) is 5.82 Å². The summed E-state index contributed by atoms with van der Waals surface area (Å²) in [6.45, 7) is 0.620. The molecule has 0 saturated carbocycles. The summed E-state index contributed by atoms with van der Waals surface area (Å²) in [6.07, 6.45) is 0.677. The maximum Gasteiger partial charge on any atom is 0.303 e. The number of carboxylic acid groups (broad SMARTS) is 1. The molecule has 2 aromatic carbocycles. The molecule has 0 aromatic heterocycles. The lowest BCUT2D eigenvalue weighted by Gasteiger charge is -2.07. The molecule has 4 heteroatoms. The number of carbonyl (C=O) groups is 1. The van der Waals surface area contributed by atoms with E-state index in [-0.39, 0.29) is 12.2 Å². The van der Waals surface area contributed by atoms with Crippen LogP contribution < -0.4 is 5.32 Å². The molecule has 0 fully saturated rings. The zero-order valence-corrected chi connectivity index (χ0v) is 11.0. The van der Waals surface area contributed by atoms with Crippen molar-refractivity contribution in [1.82, 2.24) is 0 Å². The number of halogens is 1. The van der Waals surface area contributed by atoms with Crippen LogP contribution in [-0.2, 0) is 17.8 Å². The Labute approximate surface area is 117 Å².